The van der Waals surface area contributed by atoms with Gasteiger partial charge in [-0.2, -0.15) is 4.31 Å². The summed E-state index contributed by atoms with van der Waals surface area (Å²) in [6.07, 6.45) is 2.22. The predicted molar refractivity (Wildman–Crippen MR) is 93.9 cm³/mol. The van der Waals surface area contributed by atoms with Gasteiger partial charge in [-0.1, -0.05) is 6.07 Å². The number of piperazine rings is 1. The molecule has 0 radical (unpaired) electrons. The smallest absolute Gasteiger partial charge is 0.243 e. The van der Waals surface area contributed by atoms with E-state index in [0.29, 0.717) is 17.9 Å². The second-order valence-electron chi connectivity index (χ2n) is 5.84. The molecule has 0 bridgehead atoms. The summed E-state index contributed by atoms with van der Waals surface area (Å²) in [6, 6.07) is 9.55. The summed E-state index contributed by atoms with van der Waals surface area (Å²) in [7, 11) is -3.79. The van der Waals surface area contributed by atoms with Gasteiger partial charge in [0.05, 0.1) is 17.7 Å². The van der Waals surface area contributed by atoms with Gasteiger partial charge in [0.2, 0.25) is 21.8 Å². The molecule has 0 saturated carbocycles. The van der Waals surface area contributed by atoms with Crippen molar-refractivity contribution in [2.45, 2.75) is 17.7 Å². The second kappa shape index (κ2) is 7.71. The van der Waals surface area contributed by atoms with Crippen molar-refractivity contribution in [2.75, 3.05) is 25.0 Å². The first-order valence-corrected chi connectivity index (χ1v) is 9.58. The number of carbonyl (C=O) groups excluding carboxylic acids is 2. The summed E-state index contributed by atoms with van der Waals surface area (Å²) in [4.78, 5) is 23.5. The normalized spacial score (nSPS) is 15.5. The van der Waals surface area contributed by atoms with Gasteiger partial charge >= 0.3 is 0 Å². The van der Waals surface area contributed by atoms with Gasteiger partial charge in [0.1, 0.15) is 5.76 Å². The van der Waals surface area contributed by atoms with E-state index >= 15 is 0 Å². The number of hydrogen-bond donors (Lipinski definition) is 2. The Bertz CT molecular complexity index is 893. The molecule has 2 amide bonds. The Morgan fingerprint density at radius 1 is 1.27 bits per heavy atom. The maximum atomic E-state index is 12.7. The second-order valence-corrected chi connectivity index (χ2v) is 7.78. The van der Waals surface area contributed by atoms with Crippen LogP contribution in [0.15, 0.2) is 52.0 Å². The third kappa shape index (κ3) is 4.30. The molecule has 8 nitrogen and oxygen atoms in total. The molecule has 0 spiro atoms. The van der Waals surface area contributed by atoms with Gasteiger partial charge in [-0.25, -0.2) is 8.42 Å². The Morgan fingerprint density at radius 3 is 2.85 bits per heavy atom. The average molecular weight is 377 g/mol. The van der Waals surface area contributed by atoms with Crippen molar-refractivity contribution < 1.29 is 22.4 Å². The lowest BCUT2D eigenvalue weighted by atomic mass is 10.2. The molecule has 1 aliphatic rings. The summed E-state index contributed by atoms with van der Waals surface area (Å²) >= 11 is 0. The largest absolute Gasteiger partial charge is 0.469 e. The summed E-state index contributed by atoms with van der Waals surface area (Å²) in [5.74, 6) is 0.135. The highest BCUT2D eigenvalue weighted by Gasteiger charge is 2.29. The van der Waals surface area contributed by atoms with Crippen molar-refractivity contribution in [3.63, 3.8) is 0 Å². The maximum absolute atomic E-state index is 12.7. The number of sulfonamides is 1. The van der Waals surface area contributed by atoms with E-state index in [1.165, 1.54) is 12.1 Å². The van der Waals surface area contributed by atoms with E-state index in [2.05, 4.69) is 10.6 Å². The number of benzene rings is 1. The van der Waals surface area contributed by atoms with E-state index in [0.717, 1.165) is 4.31 Å². The molecular formula is C17H19N3O5S. The van der Waals surface area contributed by atoms with Crippen LogP contribution in [-0.2, 0) is 26.0 Å². The number of rotatable bonds is 6. The van der Waals surface area contributed by atoms with Gasteiger partial charge in [-0.3, -0.25) is 9.59 Å². The van der Waals surface area contributed by atoms with Crippen LogP contribution in [0.1, 0.15) is 12.2 Å². The molecule has 1 fully saturated rings. The molecule has 0 unspecified atom stereocenters. The van der Waals surface area contributed by atoms with Gasteiger partial charge < -0.3 is 15.1 Å². The monoisotopic (exact) mass is 377 g/mol. The van der Waals surface area contributed by atoms with Crippen LogP contribution in [0.25, 0.3) is 0 Å². The van der Waals surface area contributed by atoms with Gasteiger partial charge in [-0.15, -0.1) is 0 Å². The summed E-state index contributed by atoms with van der Waals surface area (Å²) in [6.45, 7) is 0.289. The first-order chi connectivity index (χ1) is 12.4. The molecule has 1 aromatic carbocycles. The lowest BCUT2D eigenvalue weighted by molar-refractivity contribution is -0.122. The minimum Gasteiger partial charge on any atom is -0.469 e. The molecule has 9 heteroatoms. The van der Waals surface area contributed by atoms with Crippen LogP contribution in [0.4, 0.5) is 5.69 Å². The molecule has 1 aliphatic heterocycles. The quantitative estimate of drug-likeness (QED) is 0.780. The summed E-state index contributed by atoms with van der Waals surface area (Å²) in [5.41, 5.74) is 0.386. The summed E-state index contributed by atoms with van der Waals surface area (Å²) in [5, 5.41) is 5.27. The standard InChI is InChI=1S/C17H19N3O5S/c21-16(7-6-14-4-2-10-25-14)19-13-3-1-5-15(11-13)26(23,24)20-9-8-18-17(22)12-20/h1-5,10-11H,6-9,12H2,(H,18,22)(H,19,21). The Hall–Kier alpha value is -2.65. The Morgan fingerprint density at radius 2 is 2.12 bits per heavy atom. The van der Waals surface area contributed by atoms with Gasteiger partial charge in [0.25, 0.3) is 0 Å². The Balaban J connectivity index is 1.67. The first kappa shape index (κ1) is 18.2. The summed E-state index contributed by atoms with van der Waals surface area (Å²) < 4.78 is 31.7. The minimum absolute atomic E-state index is 0.0380. The lowest BCUT2D eigenvalue weighted by Crippen LogP contribution is -2.49. The van der Waals surface area contributed by atoms with Gasteiger partial charge in [-0.05, 0) is 30.3 Å². The van der Waals surface area contributed by atoms with Crippen LogP contribution in [0.3, 0.4) is 0 Å². The lowest BCUT2D eigenvalue weighted by Gasteiger charge is -2.26. The highest BCUT2D eigenvalue weighted by molar-refractivity contribution is 7.89. The van der Waals surface area contributed by atoms with Gasteiger partial charge in [0, 0.05) is 31.6 Å². The zero-order chi connectivity index (χ0) is 18.6. The third-order valence-corrected chi connectivity index (χ3v) is 5.78. The van der Waals surface area contributed by atoms with E-state index in [-0.39, 0.29) is 42.8 Å². The molecule has 138 valence electrons. The molecule has 1 aromatic heterocycles. The number of hydrogen-bond acceptors (Lipinski definition) is 5. The van der Waals surface area contributed by atoms with Crippen molar-refractivity contribution in [3.8, 4) is 0 Å². The zero-order valence-corrected chi connectivity index (χ0v) is 14.8. The Kier molecular flexibility index (Phi) is 5.38. The zero-order valence-electron chi connectivity index (χ0n) is 14.0. The predicted octanol–water partition coefficient (Wildman–Crippen LogP) is 0.971. The van der Waals surface area contributed by atoms with Gasteiger partial charge in [0.15, 0.2) is 0 Å². The highest BCUT2D eigenvalue weighted by atomic mass is 32.2. The number of nitrogens with one attached hydrogen (secondary N) is 2. The van der Waals surface area contributed by atoms with Crippen molar-refractivity contribution >= 4 is 27.5 Å². The third-order valence-electron chi connectivity index (χ3n) is 3.94. The number of furan rings is 1. The minimum atomic E-state index is -3.79. The van der Waals surface area contributed by atoms with E-state index in [4.69, 9.17) is 4.42 Å². The molecule has 2 aromatic rings. The van der Waals surface area contributed by atoms with E-state index < -0.39 is 10.0 Å². The fourth-order valence-corrected chi connectivity index (χ4v) is 4.06. The van der Waals surface area contributed by atoms with Crippen molar-refractivity contribution in [1.29, 1.82) is 0 Å². The first-order valence-electron chi connectivity index (χ1n) is 8.14. The molecule has 1 saturated heterocycles. The topological polar surface area (TPSA) is 109 Å². The van der Waals surface area contributed by atoms with Crippen molar-refractivity contribution in [2.24, 2.45) is 0 Å². The maximum Gasteiger partial charge on any atom is 0.243 e. The number of aryl methyl sites for hydroxylation is 1. The van der Waals surface area contributed by atoms with Crippen LogP contribution in [0, 0.1) is 0 Å². The molecule has 0 aliphatic carbocycles. The van der Waals surface area contributed by atoms with Crippen molar-refractivity contribution in [1.82, 2.24) is 9.62 Å². The molecule has 3 rings (SSSR count). The fraction of sp³-hybridized carbons (Fsp3) is 0.294. The van der Waals surface area contributed by atoms with E-state index in [1.54, 1.807) is 30.5 Å². The molecule has 2 heterocycles. The van der Waals surface area contributed by atoms with E-state index in [9.17, 15) is 18.0 Å². The number of amides is 2. The van der Waals surface area contributed by atoms with Crippen LogP contribution < -0.4 is 10.6 Å². The molecular weight excluding hydrogens is 358 g/mol. The number of carbonyl (C=O) groups is 2. The molecule has 26 heavy (non-hydrogen) atoms. The van der Waals surface area contributed by atoms with Crippen LogP contribution in [-0.4, -0.2) is 44.2 Å². The highest BCUT2D eigenvalue weighted by Crippen LogP contribution is 2.20. The van der Waals surface area contributed by atoms with Crippen LogP contribution in [0.5, 0.6) is 0 Å². The van der Waals surface area contributed by atoms with Crippen LogP contribution >= 0.6 is 0 Å². The van der Waals surface area contributed by atoms with E-state index in [1.807, 2.05) is 0 Å². The average Bonchev–Trinajstić information content (AvgIpc) is 3.14. The number of nitrogens with zero attached hydrogens (tertiary/aromatic N) is 1. The molecule has 2 N–H and O–H groups in total. The fourth-order valence-electron chi connectivity index (χ4n) is 2.62. The molecule has 0 atom stereocenters. The van der Waals surface area contributed by atoms with Crippen molar-refractivity contribution in [3.05, 3.63) is 48.4 Å². The number of anilines is 1. The Labute approximate surface area is 151 Å². The van der Waals surface area contributed by atoms with Crippen LogP contribution in [0.2, 0.25) is 0 Å². The SMILES string of the molecule is O=C1CN(S(=O)(=O)c2cccc(NC(=O)CCc3ccco3)c2)CCN1.